The summed E-state index contributed by atoms with van der Waals surface area (Å²) < 4.78 is 65.4. The molecule has 0 aromatic heterocycles. The Morgan fingerprint density at radius 3 is 2.36 bits per heavy atom. The van der Waals surface area contributed by atoms with E-state index in [0.29, 0.717) is 11.6 Å². The van der Waals surface area contributed by atoms with Crippen LogP contribution in [-0.2, 0) is 16.2 Å². The summed E-state index contributed by atoms with van der Waals surface area (Å²) in [4.78, 5) is 10.2. The van der Waals surface area contributed by atoms with Gasteiger partial charge < -0.3 is 9.90 Å². The lowest BCUT2D eigenvalue weighted by Crippen LogP contribution is -2.23. The molecule has 0 saturated heterocycles. The van der Waals surface area contributed by atoms with Crippen LogP contribution in [0.1, 0.15) is 21.5 Å². The van der Waals surface area contributed by atoms with Gasteiger partial charge in [-0.3, -0.25) is 4.72 Å². The third-order valence-corrected chi connectivity index (χ3v) is 4.96. The van der Waals surface area contributed by atoms with Gasteiger partial charge in [0.25, 0.3) is 10.0 Å². The van der Waals surface area contributed by atoms with E-state index in [9.17, 15) is 31.5 Å². The summed E-state index contributed by atoms with van der Waals surface area (Å²) in [5, 5.41) is 10.2. The molecule has 0 spiro atoms. The van der Waals surface area contributed by atoms with Crippen molar-refractivity contribution in [3.05, 3.63) is 58.1 Å². The zero-order valence-electron chi connectivity index (χ0n) is 12.5. The molecular weight excluding hydrogens is 383 g/mol. The molecule has 5 nitrogen and oxygen atoms in total. The van der Waals surface area contributed by atoms with Crippen molar-refractivity contribution in [1.29, 1.82) is 0 Å². The van der Waals surface area contributed by atoms with Crippen LogP contribution in [0.4, 0.5) is 18.9 Å². The van der Waals surface area contributed by atoms with Crippen LogP contribution in [0.3, 0.4) is 0 Å². The Hall–Kier alpha value is -2.26. The van der Waals surface area contributed by atoms with Gasteiger partial charge in [0.1, 0.15) is 0 Å². The van der Waals surface area contributed by atoms with E-state index in [1.807, 2.05) is 0 Å². The van der Waals surface area contributed by atoms with Crippen LogP contribution in [0.2, 0.25) is 5.02 Å². The molecule has 25 heavy (non-hydrogen) atoms. The number of anilines is 1. The summed E-state index contributed by atoms with van der Waals surface area (Å²) in [5.74, 6) is -1.52. The SMILES string of the molecule is Cc1ccc(C(=O)[O-])cc1NS(=O)(=O)c1ccc(Cl)c(C(F)(F)F)c1. The number of sulfonamides is 1. The van der Waals surface area contributed by atoms with Gasteiger partial charge in [-0.05, 0) is 42.3 Å². The fraction of sp³-hybridized carbons (Fsp3) is 0.133. The quantitative estimate of drug-likeness (QED) is 0.866. The van der Waals surface area contributed by atoms with Crippen LogP contribution in [0, 0.1) is 6.92 Å². The van der Waals surface area contributed by atoms with Crippen LogP contribution in [0.15, 0.2) is 41.3 Å². The minimum absolute atomic E-state index is 0.0924. The van der Waals surface area contributed by atoms with Crippen molar-refractivity contribution < 1.29 is 31.5 Å². The summed E-state index contributed by atoms with van der Waals surface area (Å²) >= 11 is 5.46. The second kappa shape index (κ2) is 6.57. The number of benzene rings is 2. The van der Waals surface area contributed by atoms with Crippen LogP contribution in [-0.4, -0.2) is 14.4 Å². The zero-order valence-corrected chi connectivity index (χ0v) is 14.1. The number of nitrogens with one attached hydrogen (secondary N) is 1. The fourth-order valence-electron chi connectivity index (χ4n) is 1.95. The van der Waals surface area contributed by atoms with Crippen molar-refractivity contribution in [2.75, 3.05) is 4.72 Å². The Morgan fingerprint density at radius 2 is 1.80 bits per heavy atom. The molecule has 0 saturated carbocycles. The number of hydrogen-bond acceptors (Lipinski definition) is 4. The van der Waals surface area contributed by atoms with Gasteiger partial charge in [0.05, 0.1) is 27.1 Å². The minimum Gasteiger partial charge on any atom is -0.545 e. The lowest BCUT2D eigenvalue weighted by atomic mass is 10.1. The number of alkyl halides is 3. The normalized spacial score (nSPS) is 12.0. The molecule has 0 radical (unpaired) electrons. The smallest absolute Gasteiger partial charge is 0.417 e. The van der Waals surface area contributed by atoms with Crippen molar-refractivity contribution >= 4 is 33.3 Å². The van der Waals surface area contributed by atoms with E-state index in [2.05, 4.69) is 4.72 Å². The first-order valence-electron chi connectivity index (χ1n) is 6.63. The van der Waals surface area contributed by atoms with Crippen LogP contribution in [0.25, 0.3) is 0 Å². The van der Waals surface area contributed by atoms with E-state index in [-0.39, 0.29) is 11.3 Å². The number of halogens is 4. The third kappa shape index (κ3) is 4.23. The maximum absolute atomic E-state index is 12.9. The first-order chi connectivity index (χ1) is 11.4. The number of aromatic carboxylic acids is 1. The van der Waals surface area contributed by atoms with Crippen molar-refractivity contribution in [2.24, 2.45) is 0 Å². The molecule has 0 bridgehead atoms. The molecule has 2 rings (SSSR count). The topological polar surface area (TPSA) is 86.3 Å². The van der Waals surface area contributed by atoms with E-state index < -0.39 is 37.7 Å². The van der Waals surface area contributed by atoms with Gasteiger partial charge in [-0.15, -0.1) is 0 Å². The highest BCUT2D eigenvalue weighted by Gasteiger charge is 2.34. The van der Waals surface area contributed by atoms with Crippen molar-refractivity contribution in [2.45, 2.75) is 18.0 Å². The molecule has 2 aromatic carbocycles. The number of carbonyl (C=O) groups is 1. The predicted octanol–water partition coefficient (Wildman–Crippen LogP) is 2.83. The Balaban J connectivity index is 2.47. The molecule has 0 aliphatic carbocycles. The Bertz CT molecular complexity index is 942. The van der Waals surface area contributed by atoms with E-state index in [1.54, 1.807) is 0 Å². The molecule has 0 amide bonds. The summed E-state index contributed by atoms with van der Waals surface area (Å²) in [6, 6.07) is 5.71. The van der Waals surface area contributed by atoms with Crippen molar-refractivity contribution in [3.8, 4) is 0 Å². The third-order valence-electron chi connectivity index (χ3n) is 3.27. The van der Waals surface area contributed by atoms with Gasteiger partial charge in [-0.2, -0.15) is 13.2 Å². The first kappa shape index (κ1) is 19.1. The highest BCUT2D eigenvalue weighted by molar-refractivity contribution is 7.92. The number of rotatable bonds is 4. The molecular formula is C15H10ClF3NO4S-. The van der Waals surface area contributed by atoms with Gasteiger partial charge in [-0.1, -0.05) is 23.7 Å². The summed E-state index contributed by atoms with van der Waals surface area (Å²) in [6.45, 7) is 1.50. The second-order valence-corrected chi connectivity index (χ2v) is 7.15. The van der Waals surface area contributed by atoms with E-state index in [1.165, 1.54) is 19.1 Å². The number of aryl methyl sites for hydroxylation is 1. The van der Waals surface area contributed by atoms with Gasteiger partial charge in [-0.25, -0.2) is 8.42 Å². The monoisotopic (exact) mass is 392 g/mol. The lowest BCUT2D eigenvalue weighted by Gasteiger charge is -2.14. The molecule has 0 heterocycles. The molecule has 10 heteroatoms. The molecule has 2 aromatic rings. The summed E-state index contributed by atoms with van der Waals surface area (Å²) in [5.41, 5.74) is -1.29. The zero-order chi connectivity index (χ0) is 19.0. The molecule has 0 aliphatic heterocycles. The van der Waals surface area contributed by atoms with Crippen LogP contribution >= 0.6 is 11.6 Å². The van der Waals surface area contributed by atoms with Gasteiger partial charge >= 0.3 is 6.18 Å². The van der Waals surface area contributed by atoms with Crippen LogP contribution in [0.5, 0.6) is 0 Å². The Labute approximate surface area is 146 Å². The number of hydrogen-bond donors (Lipinski definition) is 1. The summed E-state index contributed by atoms with van der Waals surface area (Å²) in [6.07, 6.45) is -4.83. The fourth-order valence-corrected chi connectivity index (χ4v) is 3.32. The highest BCUT2D eigenvalue weighted by atomic mass is 35.5. The molecule has 1 N–H and O–H groups in total. The number of carboxylic acids is 1. The Morgan fingerprint density at radius 1 is 1.16 bits per heavy atom. The maximum Gasteiger partial charge on any atom is 0.417 e. The number of carbonyl (C=O) groups excluding carboxylic acids is 1. The largest absolute Gasteiger partial charge is 0.545 e. The van der Waals surface area contributed by atoms with Crippen LogP contribution < -0.4 is 9.83 Å². The molecule has 0 aliphatic rings. The average molecular weight is 393 g/mol. The number of carboxylic acid groups (broad SMARTS) is 1. The molecule has 0 fully saturated rings. The maximum atomic E-state index is 12.9. The molecule has 134 valence electrons. The first-order valence-corrected chi connectivity index (χ1v) is 8.49. The van der Waals surface area contributed by atoms with E-state index in [0.717, 1.165) is 18.2 Å². The van der Waals surface area contributed by atoms with Crippen molar-refractivity contribution in [3.63, 3.8) is 0 Å². The lowest BCUT2D eigenvalue weighted by molar-refractivity contribution is -0.255. The Kier molecular flexibility index (Phi) is 5.01. The van der Waals surface area contributed by atoms with Gasteiger partial charge in [0.15, 0.2) is 0 Å². The highest BCUT2D eigenvalue weighted by Crippen LogP contribution is 2.36. The van der Waals surface area contributed by atoms with Crippen molar-refractivity contribution in [1.82, 2.24) is 0 Å². The minimum atomic E-state index is -4.83. The molecule has 0 atom stereocenters. The average Bonchev–Trinajstić information content (AvgIpc) is 2.48. The predicted molar refractivity (Wildman–Crippen MR) is 82.8 cm³/mol. The van der Waals surface area contributed by atoms with E-state index in [4.69, 9.17) is 11.6 Å². The van der Waals surface area contributed by atoms with Gasteiger partial charge in [0.2, 0.25) is 0 Å². The van der Waals surface area contributed by atoms with E-state index >= 15 is 0 Å². The van der Waals surface area contributed by atoms with Gasteiger partial charge in [0, 0.05) is 0 Å². The second-order valence-electron chi connectivity index (χ2n) is 5.06. The summed E-state index contributed by atoms with van der Waals surface area (Å²) in [7, 11) is -4.40. The molecule has 0 unspecified atom stereocenters. The standard InChI is InChI=1S/C15H11ClF3NO4S/c1-8-2-3-9(14(21)22)6-13(8)20-25(23,24)10-4-5-12(16)11(7-10)15(17,18)19/h2-7,20H,1H3,(H,21,22)/p-1.